The van der Waals surface area contributed by atoms with Gasteiger partial charge in [-0.05, 0) is 51.8 Å². The summed E-state index contributed by atoms with van der Waals surface area (Å²) in [5.41, 5.74) is 7.16. The predicted molar refractivity (Wildman–Crippen MR) is 152 cm³/mol. The summed E-state index contributed by atoms with van der Waals surface area (Å²) in [5, 5.41) is 1.18. The highest BCUT2D eigenvalue weighted by molar-refractivity contribution is 7.28. The van der Waals surface area contributed by atoms with E-state index in [1.54, 1.807) is 0 Å². The molecule has 0 N–H and O–H groups in total. The van der Waals surface area contributed by atoms with Crippen molar-refractivity contribution in [3.8, 4) is 22.3 Å². The highest BCUT2D eigenvalue weighted by Crippen LogP contribution is 2.34. The van der Waals surface area contributed by atoms with Crippen LogP contribution in [0.3, 0.4) is 0 Å². The van der Waals surface area contributed by atoms with E-state index in [1.807, 2.05) is 24.3 Å². The minimum absolute atomic E-state index is 0.790. The summed E-state index contributed by atoms with van der Waals surface area (Å²) in [7, 11) is 2.90. The maximum Gasteiger partial charge on any atom is 0.0372 e. The van der Waals surface area contributed by atoms with Crippen LogP contribution in [-0.4, -0.2) is 26.2 Å². The Morgan fingerprint density at radius 3 is 1.42 bits per heavy atom. The molecule has 0 spiro atoms. The Kier molecular flexibility index (Phi) is 8.87. The number of nitrogens with zero attached hydrogens (tertiary/aromatic N) is 2. The lowest BCUT2D eigenvalue weighted by Crippen LogP contribution is -2.22. The van der Waals surface area contributed by atoms with E-state index in [-0.39, 0.29) is 0 Å². The molecule has 2 nitrogen and oxygen atoms in total. The molecule has 3 rings (SSSR count). The van der Waals surface area contributed by atoms with E-state index in [0.717, 1.165) is 37.6 Å². The van der Waals surface area contributed by atoms with Crippen LogP contribution in [-0.2, 0) is 0 Å². The Hall–Kier alpha value is -3.35. The average molecular weight is 453 g/mol. The first-order valence-corrected chi connectivity index (χ1v) is 11.7. The molecule has 0 aliphatic carbocycles. The molecule has 0 aliphatic rings. The topological polar surface area (TPSA) is 6.48 Å². The van der Waals surface area contributed by atoms with Crippen molar-refractivity contribution >= 4 is 25.9 Å². The third kappa shape index (κ3) is 5.92. The summed E-state index contributed by atoms with van der Waals surface area (Å²) in [4.78, 5) is 4.49. The molecule has 0 aromatic heterocycles. The van der Waals surface area contributed by atoms with Crippen LogP contribution in [0, 0.1) is 0 Å². The van der Waals surface area contributed by atoms with Crippen LogP contribution in [0.25, 0.3) is 22.3 Å². The van der Waals surface area contributed by atoms with Gasteiger partial charge in [-0.25, -0.2) is 0 Å². The summed E-state index contributed by atoms with van der Waals surface area (Å²) < 4.78 is 0. The zero-order valence-corrected chi connectivity index (χ0v) is 20.4. The molecule has 0 heterocycles. The van der Waals surface area contributed by atoms with Crippen molar-refractivity contribution in [1.82, 2.24) is 0 Å². The molecule has 0 aliphatic heterocycles. The van der Waals surface area contributed by atoms with Crippen LogP contribution >= 0.6 is 9.24 Å². The Morgan fingerprint density at radius 1 is 0.576 bits per heavy atom. The van der Waals surface area contributed by atoms with Crippen LogP contribution in [0.15, 0.2) is 117 Å². The average Bonchev–Trinajstić information content (AvgIpc) is 2.84. The number of hydrogen-bond donors (Lipinski definition) is 0. The third-order valence-electron chi connectivity index (χ3n) is 5.56. The molecule has 168 valence electrons. The summed E-state index contributed by atoms with van der Waals surface area (Å²) in [6.45, 7) is 18.7. The van der Waals surface area contributed by atoms with Gasteiger partial charge in [-0.2, -0.15) is 0 Å². The van der Waals surface area contributed by atoms with E-state index in [2.05, 4.69) is 112 Å². The lowest BCUT2D eigenvalue weighted by atomic mass is 9.94. The van der Waals surface area contributed by atoms with Crippen LogP contribution in [0.1, 0.15) is 0 Å². The summed E-state index contributed by atoms with van der Waals surface area (Å²) in [6, 6.07) is 23.9. The molecule has 3 heteroatoms. The Labute approximate surface area is 201 Å². The first-order valence-electron chi connectivity index (χ1n) is 11.2. The van der Waals surface area contributed by atoms with Crippen molar-refractivity contribution in [2.24, 2.45) is 0 Å². The number of anilines is 2. The second-order valence-electron chi connectivity index (χ2n) is 7.83. The molecule has 3 aromatic rings. The van der Waals surface area contributed by atoms with E-state index in [4.69, 9.17) is 0 Å². The highest BCUT2D eigenvalue weighted by atomic mass is 31.0. The van der Waals surface area contributed by atoms with Gasteiger partial charge in [-0.1, -0.05) is 66.8 Å². The minimum Gasteiger partial charge on any atom is -0.364 e. The smallest absolute Gasteiger partial charge is 0.0372 e. The zero-order valence-electron chi connectivity index (χ0n) is 19.3. The second-order valence-corrected chi connectivity index (χ2v) is 8.45. The summed E-state index contributed by atoms with van der Waals surface area (Å²) in [6.07, 6.45) is 7.68. The number of benzene rings is 3. The molecule has 1 atom stereocenters. The Bertz CT molecular complexity index is 1080. The molecule has 0 radical (unpaired) electrons. The van der Waals surface area contributed by atoms with E-state index in [1.165, 1.54) is 27.6 Å². The van der Waals surface area contributed by atoms with Gasteiger partial charge in [0.25, 0.3) is 0 Å². The lowest BCUT2D eigenvalue weighted by molar-refractivity contribution is 0.957. The maximum absolute atomic E-state index is 3.88. The molecule has 33 heavy (non-hydrogen) atoms. The molecular weight excluding hydrogens is 419 g/mol. The number of hydrogen-bond acceptors (Lipinski definition) is 2. The van der Waals surface area contributed by atoms with E-state index < -0.39 is 0 Å². The van der Waals surface area contributed by atoms with Crippen molar-refractivity contribution in [3.05, 3.63) is 117 Å². The van der Waals surface area contributed by atoms with Gasteiger partial charge in [0.15, 0.2) is 0 Å². The third-order valence-corrected chi connectivity index (χ3v) is 6.04. The van der Waals surface area contributed by atoms with Crippen molar-refractivity contribution in [1.29, 1.82) is 0 Å². The molecule has 0 bridgehead atoms. The van der Waals surface area contributed by atoms with Crippen molar-refractivity contribution < 1.29 is 0 Å². The molecular formula is C30H33N2P. The van der Waals surface area contributed by atoms with E-state index in [9.17, 15) is 0 Å². The summed E-state index contributed by atoms with van der Waals surface area (Å²) >= 11 is 0. The summed E-state index contributed by atoms with van der Waals surface area (Å²) in [5.74, 6) is 0. The van der Waals surface area contributed by atoms with Gasteiger partial charge in [-0.3, -0.25) is 0 Å². The van der Waals surface area contributed by atoms with Gasteiger partial charge in [-0.15, -0.1) is 35.6 Å². The predicted octanol–water partition coefficient (Wildman–Crippen LogP) is 6.88. The fourth-order valence-corrected chi connectivity index (χ4v) is 4.45. The van der Waals surface area contributed by atoms with Gasteiger partial charge in [0, 0.05) is 37.6 Å². The standard InChI is InChI=1S/C30H33N2P/c1-5-20-31(21-6-2)26-16-12-24(13-17-26)28-10-9-11-29(33)30(28)25-14-18-27(19-15-25)32(22-7-3)23-8-4/h5-19H,1-4,20-23,33H2. The quantitative estimate of drug-likeness (QED) is 0.218. The normalized spacial score (nSPS) is 10.3. The molecule has 1 unspecified atom stereocenters. The SMILES string of the molecule is C=CCN(CC=C)c1ccc(-c2cccc(P)c2-c2ccc(N(CC=C)CC=C)cc2)cc1. The Balaban J connectivity index is 1.97. The van der Waals surface area contributed by atoms with Gasteiger partial charge in [0.05, 0.1) is 0 Å². The molecule has 3 aromatic carbocycles. The maximum atomic E-state index is 3.88. The minimum atomic E-state index is 0.790. The van der Waals surface area contributed by atoms with Crippen molar-refractivity contribution in [2.75, 3.05) is 36.0 Å². The second kappa shape index (κ2) is 12.0. The van der Waals surface area contributed by atoms with Crippen molar-refractivity contribution in [2.45, 2.75) is 0 Å². The highest BCUT2D eigenvalue weighted by Gasteiger charge is 2.12. The Morgan fingerprint density at radius 2 is 1.00 bits per heavy atom. The van der Waals surface area contributed by atoms with Gasteiger partial charge in [0.1, 0.15) is 0 Å². The number of rotatable bonds is 12. The van der Waals surface area contributed by atoms with Gasteiger partial charge in [0.2, 0.25) is 0 Å². The largest absolute Gasteiger partial charge is 0.364 e. The van der Waals surface area contributed by atoms with E-state index >= 15 is 0 Å². The lowest BCUT2D eigenvalue weighted by Gasteiger charge is -2.23. The first-order chi connectivity index (χ1) is 16.1. The van der Waals surface area contributed by atoms with Crippen LogP contribution in [0.4, 0.5) is 11.4 Å². The monoisotopic (exact) mass is 452 g/mol. The molecule has 0 amide bonds. The fraction of sp³-hybridized carbons (Fsp3) is 0.133. The zero-order chi connectivity index (χ0) is 23.6. The molecule has 0 saturated carbocycles. The van der Waals surface area contributed by atoms with Gasteiger partial charge >= 0.3 is 0 Å². The van der Waals surface area contributed by atoms with E-state index in [0.29, 0.717) is 0 Å². The molecule has 0 saturated heterocycles. The van der Waals surface area contributed by atoms with Crippen LogP contribution < -0.4 is 15.1 Å². The van der Waals surface area contributed by atoms with Crippen LogP contribution in [0.5, 0.6) is 0 Å². The fourth-order valence-electron chi connectivity index (χ4n) is 4.02. The molecule has 0 fully saturated rings. The first kappa shape index (κ1) is 24.3. The van der Waals surface area contributed by atoms with Crippen LogP contribution in [0.2, 0.25) is 0 Å². The van der Waals surface area contributed by atoms with Crippen molar-refractivity contribution in [3.63, 3.8) is 0 Å². The van der Waals surface area contributed by atoms with Gasteiger partial charge < -0.3 is 9.80 Å².